The van der Waals surface area contributed by atoms with Gasteiger partial charge in [0.05, 0.1) is 24.2 Å². The van der Waals surface area contributed by atoms with E-state index in [9.17, 15) is 27.5 Å². The number of fused-ring (bicyclic) bond motifs is 3. The van der Waals surface area contributed by atoms with E-state index in [0.29, 0.717) is 29.5 Å². The van der Waals surface area contributed by atoms with Crippen LogP contribution in [0.5, 0.6) is 5.75 Å². The van der Waals surface area contributed by atoms with Gasteiger partial charge in [-0.05, 0) is 30.5 Å². The fraction of sp³-hybridized carbons (Fsp3) is 0.471. The van der Waals surface area contributed by atoms with Crippen molar-refractivity contribution >= 4 is 16.9 Å². The Hall–Kier alpha value is -2.29. The first-order valence-electron chi connectivity index (χ1n) is 8.05. The molecule has 1 aromatic carbocycles. The Balaban J connectivity index is 2.15. The number of aromatic amines is 1. The molecule has 9 heteroatoms. The maximum absolute atomic E-state index is 14.1. The van der Waals surface area contributed by atoms with Crippen LogP contribution in [-0.2, 0) is 21.6 Å². The molecule has 0 fully saturated rings. The topological polar surface area (TPSA) is 71.5 Å². The molecule has 0 radical (unpaired) electrons. The smallest absolute Gasteiger partial charge is 0.422 e. The van der Waals surface area contributed by atoms with Gasteiger partial charge in [-0.2, -0.15) is 13.2 Å². The molecule has 5 nitrogen and oxygen atoms in total. The Morgan fingerprint density at radius 3 is 2.77 bits per heavy atom. The van der Waals surface area contributed by atoms with Gasteiger partial charge in [0.2, 0.25) is 0 Å². The van der Waals surface area contributed by atoms with Crippen molar-refractivity contribution in [1.29, 1.82) is 0 Å². The molecule has 2 aromatic rings. The highest BCUT2D eigenvalue weighted by atomic mass is 19.4. The van der Waals surface area contributed by atoms with Crippen molar-refractivity contribution in [3.8, 4) is 5.75 Å². The number of ether oxygens (including phenoxy) is 2. The molecule has 0 bridgehead atoms. The summed E-state index contributed by atoms with van der Waals surface area (Å²) in [7, 11) is 0. The first-order chi connectivity index (χ1) is 12.2. The Morgan fingerprint density at radius 2 is 2.15 bits per heavy atom. The first kappa shape index (κ1) is 18.5. The highest BCUT2D eigenvalue weighted by Crippen LogP contribution is 2.43. The molecule has 1 atom stereocenters. The third-order valence-corrected chi connectivity index (χ3v) is 4.56. The molecule has 1 aliphatic rings. The number of benzene rings is 1. The average molecular weight is 375 g/mol. The minimum atomic E-state index is -4.61. The average Bonchev–Trinajstić information content (AvgIpc) is 2.92. The van der Waals surface area contributed by atoms with Gasteiger partial charge in [-0.3, -0.25) is 4.79 Å². The zero-order chi connectivity index (χ0) is 19.1. The third-order valence-electron chi connectivity index (χ3n) is 4.56. The van der Waals surface area contributed by atoms with Crippen LogP contribution < -0.4 is 4.74 Å². The lowest BCUT2D eigenvalue weighted by Crippen LogP contribution is -2.37. The van der Waals surface area contributed by atoms with E-state index < -0.39 is 35.9 Å². The molecule has 0 spiro atoms. The number of hydrogen-bond acceptors (Lipinski definition) is 3. The molecule has 0 aliphatic carbocycles. The molecule has 1 aromatic heterocycles. The summed E-state index contributed by atoms with van der Waals surface area (Å²) in [6, 6.07) is 2.50. The minimum Gasteiger partial charge on any atom is -0.481 e. The van der Waals surface area contributed by atoms with Crippen molar-refractivity contribution < 1.29 is 36.9 Å². The van der Waals surface area contributed by atoms with Crippen LogP contribution in [-0.4, -0.2) is 35.4 Å². The molecule has 1 aliphatic heterocycles. The summed E-state index contributed by atoms with van der Waals surface area (Å²) >= 11 is 0. The second kappa shape index (κ2) is 6.46. The highest BCUT2D eigenvalue weighted by Gasteiger charge is 2.41. The van der Waals surface area contributed by atoms with E-state index in [0.717, 1.165) is 6.07 Å². The van der Waals surface area contributed by atoms with Gasteiger partial charge in [-0.1, -0.05) is 6.92 Å². The predicted octanol–water partition coefficient (Wildman–Crippen LogP) is 3.90. The van der Waals surface area contributed by atoms with E-state index in [1.807, 2.05) is 0 Å². The normalized spacial score (nSPS) is 20.2. The maximum Gasteiger partial charge on any atom is 0.422 e. The SMILES string of the molecule is CCC1(CC(=O)O)OCCc2c1[nH]c1c(OCC(F)(F)F)c(F)ccc21. The number of aliphatic carboxylic acids is 1. The summed E-state index contributed by atoms with van der Waals surface area (Å²) in [5, 5.41) is 9.74. The maximum atomic E-state index is 14.1. The van der Waals surface area contributed by atoms with Crippen LogP contribution >= 0.6 is 0 Å². The predicted molar refractivity (Wildman–Crippen MR) is 83.7 cm³/mol. The summed E-state index contributed by atoms with van der Waals surface area (Å²) in [5.41, 5.74) is 0.0984. The highest BCUT2D eigenvalue weighted by molar-refractivity contribution is 5.90. The van der Waals surface area contributed by atoms with Crippen molar-refractivity contribution in [1.82, 2.24) is 4.98 Å². The van der Waals surface area contributed by atoms with E-state index in [1.165, 1.54) is 6.07 Å². The van der Waals surface area contributed by atoms with Gasteiger partial charge in [-0.25, -0.2) is 4.39 Å². The molecule has 1 unspecified atom stereocenters. The molecule has 3 rings (SSSR count). The molecular formula is C17H17F4NO4. The monoisotopic (exact) mass is 375 g/mol. The molecule has 0 saturated carbocycles. The quantitative estimate of drug-likeness (QED) is 0.778. The first-order valence-corrected chi connectivity index (χ1v) is 8.05. The van der Waals surface area contributed by atoms with E-state index in [1.54, 1.807) is 6.92 Å². The van der Waals surface area contributed by atoms with Gasteiger partial charge in [0.15, 0.2) is 18.2 Å². The second-order valence-electron chi connectivity index (χ2n) is 6.20. The van der Waals surface area contributed by atoms with Gasteiger partial charge >= 0.3 is 12.1 Å². The summed E-state index contributed by atoms with van der Waals surface area (Å²) in [4.78, 5) is 14.2. The van der Waals surface area contributed by atoms with Crippen LogP contribution in [0.15, 0.2) is 12.1 Å². The van der Waals surface area contributed by atoms with Crippen LogP contribution in [0.4, 0.5) is 17.6 Å². The number of nitrogens with one attached hydrogen (secondary N) is 1. The number of alkyl halides is 3. The van der Waals surface area contributed by atoms with E-state index in [4.69, 9.17) is 4.74 Å². The molecule has 26 heavy (non-hydrogen) atoms. The van der Waals surface area contributed by atoms with Crippen LogP contribution in [0.25, 0.3) is 10.9 Å². The molecular weight excluding hydrogens is 358 g/mol. The van der Waals surface area contributed by atoms with Crippen LogP contribution in [0.2, 0.25) is 0 Å². The van der Waals surface area contributed by atoms with E-state index >= 15 is 0 Å². The number of carboxylic acids is 1. The molecule has 0 saturated heterocycles. The number of halogens is 4. The largest absolute Gasteiger partial charge is 0.481 e. The summed E-state index contributed by atoms with van der Waals surface area (Å²) in [5.74, 6) is -2.53. The van der Waals surface area contributed by atoms with Gasteiger partial charge < -0.3 is 19.6 Å². The van der Waals surface area contributed by atoms with E-state index in [2.05, 4.69) is 9.72 Å². The minimum absolute atomic E-state index is 0.0768. The summed E-state index contributed by atoms with van der Waals surface area (Å²) in [6.45, 7) is 0.389. The number of carbonyl (C=O) groups is 1. The molecule has 2 N–H and O–H groups in total. The van der Waals surface area contributed by atoms with Gasteiger partial charge in [0, 0.05) is 5.39 Å². The fourth-order valence-corrected chi connectivity index (χ4v) is 3.42. The van der Waals surface area contributed by atoms with Crippen molar-refractivity contribution in [2.75, 3.05) is 13.2 Å². The van der Waals surface area contributed by atoms with Gasteiger partial charge in [0.1, 0.15) is 5.60 Å². The van der Waals surface area contributed by atoms with Gasteiger partial charge in [-0.15, -0.1) is 0 Å². The standard InChI is InChI=1S/C17H17F4NO4/c1-2-16(7-12(23)24)15-10(5-6-26-16)9-3-4-11(18)14(13(9)22-15)25-8-17(19,20)21/h3-4,22H,2,5-8H2,1H3,(H,23,24). The lowest BCUT2D eigenvalue weighted by atomic mass is 9.86. The van der Waals surface area contributed by atoms with Crippen molar-refractivity contribution in [2.24, 2.45) is 0 Å². The lowest BCUT2D eigenvalue weighted by Gasteiger charge is -2.35. The molecule has 142 valence electrons. The zero-order valence-electron chi connectivity index (χ0n) is 13.9. The summed E-state index contributed by atoms with van der Waals surface area (Å²) in [6.07, 6.45) is -4.16. The third kappa shape index (κ3) is 3.23. The number of rotatable bonds is 5. The number of hydrogen-bond donors (Lipinski definition) is 2. The van der Waals surface area contributed by atoms with Crippen molar-refractivity contribution in [3.05, 3.63) is 29.2 Å². The van der Waals surface area contributed by atoms with Crippen LogP contribution in [0.1, 0.15) is 31.0 Å². The Kier molecular flexibility index (Phi) is 4.60. The van der Waals surface area contributed by atoms with Crippen molar-refractivity contribution in [2.45, 2.75) is 38.0 Å². The molecule has 2 heterocycles. The summed E-state index contributed by atoms with van der Waals surface area (Å²) < 4.78 is 62.0. The zero-order valence-corrected chi connectivity index (χ0v) is 13.9. The number of H-pyrrole nitrogens is 1. The Morgan fingerprint density at radius 1 is 1.42 bits per heavy atom. The Bertz CT molecular complexity index is 845. The Labute approximate surface area is 145 Å². The van der Waals surface area contributed by atoms with Gasteiger partial charge in [0.25, 0.3) is 0 Å². The fourth-order valence-electron chi connectivity index (χ4n) is 3.42. The number of aromatic nitrogens is 1. The number of carboxylic acid groups (broad SMARTS) is 1. The van der Waals surface area contributed by atoms with Crippen LogP contribution in [0, 0.1) is 5.82 Å². The lowest BCUT2D eigenvalue weighted by molar-refractivity contribution is -0.153. The van der Waals surface area contributed by atoms with Crippen LogP contribution in [0.3, 0.4) is 0 Å². The van der Waals surface area contributed by atoms with E-state index in [-0.39, 0.29) is 18.5 Å². The van der Waals surface area contributed by atoms with Crippen molar-refractivity contribution in [3.63, 3.8) is 0 Å². The second-order valence-corrected chi connectivity index (χ2v) is 6.20. The molecule has 0 amide bonds.